The van der Waals surface area contributed by atoms with Crippen molar-refractivity contribution in [2.45, 2.75) is 13.0 Å². The third-order valence-electron chi connectivity index (χ3n) is 3.62. The summed E-state index contributed by atoms with van der Waals surface area (Å²) in [6, 6.07) is 17.2. The number of aryl methyl sites for hydroxylation is 1. The van der Waals surface area contributed by atoms with Crippen LogP contribution in [0.25, 0.3) is 10.8 Å². The Morgan fingerprint density at radius 2 is 1.90 bits per heavy atom. The largest absolute Gasteiger partial charge is 0.312 e. The minimum atomic E-state index is 0.905. The second-order valence-corrected chi connectivity index (χ2v) is 5.05. The minimum Gasteiger partial charge on any atom is -0.312 e. The third kappa shape index (κ3) is 2.89. The van der Waals surface area contributed by atoms with Crippen LogP contribution < -0.4 is 5.32 Å². The molecule has 1 heterocycles. The summed E-state index contributed by atoms with van der Waals surface area (Å²) < 4.78 is 1.93. The number of rotatable bonds is 5. The molecule has 0 spiro atoms. The molecule has 3 heteroatoms. The molecule has 20 heavy (non-hydrogen) atoms. The Labute approximate surface area is 119 Å². The number of hydrogen-bond donors (Lipinski definition) is 1. The Morgan fingerprint density at radius 3 is 2.70 bits per heavy atom. The van der Waals surface area contributed by atoms with Crippen molar-refractivity contribution in [3.05, 3.63) is 66.0 Å². The summed E-state index contributed by atoms with van der Waals surface area (Å²) in [6.07, 6.45) is 2.85. The van der Waals surface area contributed by atoms with Gasteiger partial charge < -0.3 is 5.32 Å². The van der Waals surface area contributed by atoms with Gasteiger partial charge in [0.05, 0.1) is 0 Å². The summed E-state index contributed by atoms with van der Waals surface area (Å²) >= 11 is 0. The van der Waals surface area contributed by atoms with E-state index in [2.05, 4.69) is 58.9 Å². The molecule has 0 aliphatic heterocycles. The molecule has 0 aliphatic carbocycles. The molecule has 0 fully saturated rings. The van der Waals surface area contributed by atoms with E-state index in [0.717, 1.165) is 19.5 Å². The molecule has 0 radical (unpaired) electrons. The number of aromatic nitrogens is 2. The van der Waals surface area contributed by atoms with E-state index in [-0.39, 0.29) is 0 Å². The summed E-state index contributed by atoms with van der Waals surface area (Å²) in [5, 5.41) is 10.3. The zero-order valence-corrected chi connectivity index (χ0v) is 11.7. The predicted molar refractivity (Wildman–Crippen MR) is 82.6 cm³/mol. The van der Waals surface area contributed by atoms with Crippen LogP contribution in [0.15, 0.2) is 54.7 Å². The summed E-state index contributed by atoms with van der Waals surface area (Å²) in [5.74, 6) is 0. The lowest BCUT2D eigenvalue weighted by atomic mass is 10.1. The molecule has 0 atom stereocenters. The number of nitrogens with zero attached hydrogens (tertiary/aromatic N) is 2. The van der Waals surface area contributed by atoms with Crippen LogP contribution in [0.2, 0.25) is 0 Å². The summed E-state index contributed by atoms with van der Waals surface area (Å²) in [7, 11) is 1.98. The highest BCUT2D eigenvalue weighted by Gasteiger charge is 1.99. The van der Waals surface area contributed by atoms with Gasteiger partial charge in [-0.1, -0.05) is 36.4 Å². The van der Waals surface area contributed by atoms with Gasteiger partial charge in [-0.15, -0.1) is 0 Å². The lowest BCUT2D eigenvalue weighted by Gasteiger charge is -2.06. The lowest BCUT2D eigenvalue weighted by molar-refractivity contribution is 0.643. The summed E-state index contributed by atoms with van der Waals surface area (Å²) in [4.78, 5) is 0. The van der Waals surface area contributed by atoms with Crippen molar-refractivity contribution in [3.8, 4) is 0 Å². The standard InChI is InChI=1S/C17H19N3/c1-20-17(9-11-19-20)8-10-18-13-14-6-7-15-4-2-3-5-16(15)12-14/h2-7,9,11-12,18H,8,10,13H2,1H3. The second-order valence-electron chi connectivity index (χ2n) is 5.05. The molecular formula is C17H19N3. The second kappa shape index (κ2) is 5.88. The van der Waals surface area contributed by atoms with Crippen molar-refractivity contribution < 1.29 is 0 Å². The van der Waals surface area contributed by atoms with Crippen LogP contribution in [0.5, 0.6) is 0 Å². The molecule has 3 rings (SSSR count). The van der Waals surface area contributed by atoms with Gasteiger partial charge in [-0.2, -0.15) is 5.10 Å². The van der Waals surface area contributed by atoms with E-state index in [1.54, 1.807) is 0 Å². The Bertz CT molecular complexity index is 700. The first-order valence-corrected chi connectivity index (χ1v) is 6.98. The Kier molecular flexibility index (Phi) is 3.79. The molecule has 0 saturated heterocycles. The highest BCUT2D eigenvalue weighted by atomic mass is 15.3. The van der Waals surface area contributed by atoms with E-state index in [1.807, 2.05) is 17.9 Å². The van der Waals surface area contributed by atoms with Gasteiger partial charge in [-0.25, -0.2) is 0 Å². The van der Waals surface area contributed by atoms with E-state index >= 15 is 0 Å². The highest BCUT2D eigenvalue weighted by Crippen LogP contribution is 2.15. The number of fused-ring (bicyclic) bond motifs is 1. The molecule has 3 aromatic rings. The quantitative estimate of drug-likeness (QED) is 0.719. The lowest BCUT2D eigenvalue weighted by Crippen LogP contribution is -2.17. The maximum Gasteiger partial charge on any atom is 0.0492 e. The van der Waals surface area contributed by atoms with Crippen LogP contribution in [0, 0.1) is 0 Å². The van der Waals surface area contributed by atoms with Crippen molar-refractivity contribution in [3.63, 3.8) is 0 Å². The molecule has 0 aliphatic rings. The van der Waals surface area contributed by atoms with E-state index in [9.17, 15) is 0 Å². The highest BCUT2D eigenvalue weighted by molar-refractivity contribution is 5.82. The van der Waals surface area contributed by atoms with Gasteiger partial charge in [-0.05, 0) is 28.5 Å². The van der Waals surface area contributed by atoms with E-state index < -0.39 is 0 Å². The normalized spacial score (nSPS) is 11.1. The summed E-state index contributed by atoms with van der Waals surface area (Å²) in [6.45, 7) is 1.87. The van der Waals surface area contributed by atoms with E-state index in [4.69, 9.17) is 0 Å². The van der Waals surface area contributed by atoms with Crippen molar-refractivity contribution in [2.24, 2.45) is 7.05 Å². The van der Waals surface area contributed by atoms with Gasteiger partial charge in [0.2, 0.25) is 0 Å². The smallest absolute Gasteiger partial charge is 0.0492 e. The third-order valence-corrected chi connectivity index (χ3v) is 3.62. The summed E-state index contributed by atoms with van der Waals surface area (Å²) in [5.41, 5.74) is 2.59. The van der Waals surface area contributed by atoms with Crippen molar-refractivity contribution >= 4 is 10.8 Å². The molecular weight excluding hydrogens is 246 g/mol. The fourth-order valence-electron chi connectivity index (χ4n) is 2.44. The molecule has 2 aromatic carbocycles. The molecule has 0 amide bonds. The average Bonchev–Trinajstić information content (AvgIpc) is 2.89. The fraction of sp³-hybridized carbons (Fsp3) is 0.235. The van der Waals surface area contributed by atoms with Gasteiger partial charge in [0, 0.05) is 38.4 Å². The molecule has 0 bridgehead atoms. The van der Waals surface area contributed by atoms with Gasteiger partial charge in [0.25, 0.3) is 0 Å². The van der Waals surface area contributed by atoms with Crippen LogP contribution in [0.1, 0.15) is 11.3 Å². The fourth-order valence-corrected chi connectivity index (χ4v) is 2.44. The maximum atomic E-state index is 4.18. The van der Waals surface area contributed by atoms with Crippen LogP contribution in [-0.4, -0.2) is 16.3 Å². The molecule has 102 valence electrons. The van der Waals surface area contributed by atoms with Crippen LogP contribution >= 0.6 is 0 Å². The van der Waals surface area contributed by atoms with E-state index in [0.29, 0.717) is 0 Å². The number of hydrogen-bond acceptors (Lipinski definition) is 2. The van der Waals surface area contributed by atoms with Crippen LogP contribution in [0.3, 0.4) is 0 Å². The molecule has 0 unspecified atom stereocenters. The minimum absolute atomic E-state index is 0.905. The number of nitrogens with one attached hydrogen (secondary N) is 1. The zero-order chi connectivity index (χ0) is 13.8. The first-order valence-electron chi connectivity index (χ1n) is 6.98. The number of benzene rings is 2. The Balaban J connectivity index is 1.56. The van der Waals surface area contributed by atoms with Gasteiger partial charge in [0.15, 0.2) is 0 Å². The Hall–Kier alpha value is -2.13. The van der Waals surface area contributed by atoms with Gasteiger partial charge in [0.1, 0.15) is 0 Å². The topological polar surface area (TPSA) is 29.9 Å². The van der Waals surface area contributed by atoms with Crippen molar-refractivity contribution in [1.82, 2.24) is 15.1 Å². The first kappa shape index (κ1) is 12.9. The monoisotopic (exact) mass is 265 g/mol. The zero-order valence-electron chi connectivity index (χ0n) is 11.7. The average molecular weight is 265 g/mol. The van der Waals surface area contributed by atoms with Gasteiger partial charge in [-0.3, -0.25) is 4.68 Å². The van der Waals surface area contributed by atoms with Gasteiger partial charge >= 0.3 is 0 Å². The van der Waals surface area contributed by atoms with Crippen LogP contribution in [0.4, 0.5) is 0 Å². The SMILES string of the molecule is Cn1nccc1CCNCc1ccc2ccccc2c1. The van der Waals surface area contributed by atoms with Crippen molar-refractivity contribution in [1.29, 1.82) is 0 Å². The molecule has 0 saturated carbocycles. The van der Waals surface area contributed by atoms with E-state index in [1.165, 1.54) is 22.0 Å². The first-order chi connectivity index (χ1) is 9.83. The maximum absolute atomic E-state index is 4.18. The molecule has 1 aromatic heterocycles. The predicted octanol–water partition coefficient (Wildman–Crippen LogP) is 2.91. The van der Waals surface area contributed by atoms with Crippen LogP contribution in [-0.2, 0) is 20.0 Å². The molecule has 3 nitrogen and oxygen atoms in total. The van der Waals surface area contributed by atoms with Crippen molar-refractivity contribution in [2.75, 3.05) is 6.54 Å². The molecule has 1 N–H and O–H groups in total. The Morgan fingerprint density at radius 1 is 1.05 bits per heavy atom.